The van der Waals surface area contributed by atoms with Gasteiger partial charge < -0.3 is 10.5 Å². The number of carbonyl (C=O) groups excluding carboxylic acids is 2. The minimum atomic E-state index is -0.466. The van der Waals surface area contributed by atoms with Gasteiger partial charge in [-0.2, -0.15) is 0 Å². The summed E-state index contributed by atoms with van der Waals surface area (Å²) in [6, 6.07) is 6.78. The third-order valence-corrected chi connectivity index (χ3v) is 1.88. The van der Waals surface area contributed by atoms with Gasteiger partial charge in [0.05, 0.1) is 18.6 Å². The Hall–Kier alpha value is -1.84. The van der Waals surface area contributed by atoms with Crippen molar-refractivity contribution >= 4 is 11.9 Å². The molecule has 0 aliphatic heterocycles. The first-order valence-corrected chi connectivity index (χ1v) is 4.68. The number of amides is 1. The number of hydrogen-bond donors (Lipinski definition) is 1. The molecule has 1 amide bonds. The van der Waals surface area contributed by atoms with Crippen molar-refractivity contribution in [1.29, 1.82) is 0 Å². The number of ether oxygens (including phenoxy) is 1. The number of benzene rings is 1. The lowest BCUT2D eigenvalue weighted by Gasteiger charge is -2.06. The van der Waals surface area contributed by atoms with Crippen LogP contribution in [-0.4, -0.2) is 18.5 Å². The largest absolute Gasteiger partial charge is 0.462 e. The monoisotopic (exact) mass is 207 g/mol. The molecule has 0 bridgehead atoms. The molecular weight excluding hydrogens is 194 g/mol. The summed E-state index contributed by atoms with van der Waals surface area (Å²) in [4.78, 5) is 22.2. The van der Waals surface area contributed by atoms with E-state index in [1.165, 1.54) is 0 Å². The molecule has 0 radical (unpaired) electrons. The van der Waals surface area contributed by atoms with Crippen molar-refractivity contribution in [2.24, 2.45) is 5.73 Å². The lowest BCUT2D eigenvalue weighted by molar-refractivity contribution is -0.117. The van der Waals surface area contributed by atoms with Crippen LogP contribution < -0.4 is 5.73 Å². The molecule has 0 spiro atoms. The molecule has 1 aromatic rings. The van der Waals surface area contributed by atoms with Gasteiger partial charge in [-0.1, -0.05) is 18.2 Å². The van der Waals surface area contributed by atoms with E-state index >= 15 is 0 Å². The fraction of sp³-hybridized carbons (Fsp3) is 0.273. The molecule has 80 valence electrons. The topological polar surface area (TPSA) is 69.4 Å². The van der Waals surface area contributed by atoms with Gasteiger partial charge in [0.25, 0.3) is 0 Å². The van der Waals surface area contributed by atoms with E-state index in [2.05, 4.69) is 0 Å². The molecule has 2 N–H and O–H groups in total. The van der Waals surface area contributed by atoms with Crippen LogP contribution in [0.3, 0.4) is 0 Å². The first kappa shape index (κ1) is 11.2. The quantitative estimate of drug-likeness (QED) is 0.745. The summed E-state index contributed by atoms with van der Waals surface area (Å²) >= 11 is 0. The molecule has 0 aliphatic carbocycles. The maximum Gasteiger partial charge on any atom is 0.338 e. The van der Waals surface area contributed by atoms with Crippen molar-refractivity contribution in [3.8, 4) is 0 Å². The number of rotatable bonds is 4. The second kappa shape index (κ2) is 5.14. The molecule has 1 aromatic carbocycles. The van der Waals surface area contributed by atoms with Gasteiger partial charge in [-0.3, -0.25) is 4.79 Å². The van der Waals surface area contributed by atoms with Gasteiger partial charge in [-0.15, -0.1) is 0 Å². The van der Waals surface area contributed by atoms with E-state index < -0.39 is 11.9 Å². The molecule has 0 aromatic heterocycles. The van der Waals surface area contributed by atoms with Crippen molar-refractivity contribution in [1.82, 2.24) is 0 Å². The highest BCUT2D eigenvalue weighted by Gasteiger charge is 2.12. The first-order valence-electron chi connectivity index (χ1n) is 4.68. The highest BCUT2D eigenvalue weighted by atomic mass is 16.5. The normalized spacial score (nSPS) is 9.67. The van der Waals surface area contributed by atoms with E-state index in [-0.39, 0.29) is 6.42 Å². The maximum atomic E-state index is 11.5. The molecule has 4 heteroatoms. The third-order valence-electron chi connectivity index (χ3n) is 1.88. The summed E-state index contributed by atoms with van der Waals surface area (Å²) in [7, 11) is 0. The zero-order chi connectivity index (χ0) is 11.3. The summed E-state index contributed by atoms with van der Waals surface area (Å²) in [5, 5.41) is 0. The summed E-state index contributed by atoms with van der Waals surface area (Å²) in [6.07, 6.45) is 0.0506. The van der Waals surface area contributed by atoms with Gasteiger partial charge >= 0.3 is 5.97 Å². The van der Waals surface area contributed by atoms with Crippen LogP contribution in [-0.2, 0) is 16.0 Å². The Morgan fingerprint density at radius 2 is 2.00 bits per heavy atom. The van der Waals surface area contributed by atoms with E-state index in [0.29, 0.717) is 17.7 Å². The van der Waals surface area contributed by atoms with Crippen LogP contribution in [0.2, 0.25) is 0 Å². The van der Waals surface area contributed by atoms with Crippen LogP contribution in [0.1, 0.15) is 22.8 Å². The molecule has 0 unspecified atom stereocenters. The standard InChI is InChI=1S/C11H13NO3/c1-2-15-11(14)9-6-4-3-5-8(9)7-10(12)13/h3-6H,2,7H2,1H3,(H2,12,13). The highest BCUT2D eigenvalue weighted by Crippen LogP contribution is 2.10. The Morgan fingerprint density at radius 3 is 2.60 bits per heavy atom. The first-order chi connectivity index (χ1) is 7.15. The second-order valence-corrected chi connectivity index (χ2v) is 3.02. The lowest BCUT2D eigenvalue weighted by Crippen LogP contribution is -2.17. The van der Waals surface area contributed by atoms with Gasteiger partial charge in [-0.25, -0.2) is 4.79 Å². The summed E-state index contributed by atoms with van der Waals surface area (Å²) in [6.45, 7) is 2.04. The lowest BCUT2D eigenvalue weighted by atomic mass is 10.0. The molecule has 0 saturated heterocycles. The average Bonchev–Trinajstić information content (AvgIpc) is 2.18. The average molecular weight is 207 g/mol. The second-order valence-electron chi connectivity index (χ2n) is 3.02. The van der Waals surface area contributed by atoms with Crippen molar-refractivity contribution in [2.75, 3.05) is 6.61 Å². The number of esters is 1. The van der Waals surface area contributed by atoms with Crippen LogP contribution in [0.15, 0.2) is 24.3 Å². The number of nitrogens with two attached hydrogens (primary N) is 1. The summed E-state index contributed by atoms with van der Waals surface area (Å²) < 4.78 is 4.86. The van der Waals surface area contributed by atoms with Crippen LogP contribution in [0.4, 0.5) is 0 Å². The SMILES string of the molecule is CCOC(=O)c1ccccc1CC(N)=O. The summed E-state index contributed by atoms with van der Waals surface area (Å²) in [5.41, 5.74) is 6.08. The van der Waals surface area contributed by atoms with Crippen LogP contribution in [0, 0.1) is 0 Å². The van der Waals surface area contributed by atoms with E-state index in [1.807, 2.05) is 0 Å². The van der Waals surface area contributed by atoms with E-state index in [0.717, 1.165) is 0 Å². The van der Waals surface area contributed by atoms with Crippen LogP contribution >= 0.6 is 0 Å². The smallest absolute Gasteiger partial charge is 0.338 e. The Balaban J connectivity index is 2.95. The fourth-order valence-electron chi connectivity index (χ4n) is 1.27. The van der Waals surface area contributed by atoms with Crippen molar-refractivity contribution in [3.63, 3.8) is 0 Å². The van der Waals surface area contributed by atoms with Gasteiger partial charge in [0, 0.05) is 0 Å². The van der Waals surface area contributed by atoms with Crippen molar-refractivity contribution in [2.45, 2.75) is 13.3 Å². The zero-order valence-corrected chi connectivity index (χ0v) is 8.53. The fourth-order valence-corrected chi connectivity index (χ4v) is 1.27. The Morgan fingerprint density at radius 1 is 1.33 bits per heavy atom. The minimum Gasteiger partial charge on any atom is -0.462 e. The van der Waals surface area contributed by atoms with Gasteiger partial charge in [0.15, 0.2) is 0 Å². The molecular formula is C11H13NO3. The van der Waals surface area contributed by atoms with E-state index in [9.17, 15) is 9.59 Å². The zero-order valence-electron chi connectivity index (χ0n) is 8.53. The molecule has 0 aliphatic rings. The number of hydrogen-bond acceptors (Lipinski definition) is 3. The van der Waals surface area contributed by atoms with Crippen LogP contribution in [0.5, 0.6) is 0 Å². The Labute approximate surface area is 88.0 Å². The molecule has 0 fully saturated rings. The number of carbonyl (C=O) groups is 2. The van der Waals surface area contributed by atoms with E-state index in [4.69, 9.17) is 10.5 Å². The Bertz CT molecular complexity index is 374. The molecule has 4 nitrogen and oxygen atoms in total. The van der Waals surface area contributed by atoms with Gasteiger partial charge in [0.1, 0.15) is 0 Å². The van der Waals surface area contributed by atoms with Crippen molar-refractivity contribution < 1.29 is 14.3 Å². The van der Waals surface area contributed by atoms with Gasteiger partial charge in [-0.05, 0) is 18.6 Å². The predicted molar refractivity (Wildman–Crippen MR) is 55.3 cm³/mol. The maximum absolute atomic E-state index is 11.5. The molecule has 0 heterocycles. The number of primary amides is 1. The molecule has 0 saturated carbocycles. The highest BCUT2D eigenvalue weighted by molar-refractivity contribution is 5.92. The third kappa shape index (κ3) is 3.09. The van der Waals surface area contributed by atoms with Crippen LogP contribution in [0.25, 0.3) is 0 Å². The van der Waals surface area contributed by atoms with E-state index in [1.54, 1.807) is 31.2 Å². The molecule has 15 heavy (non-hydrogen) atoms. The molecule has 1 rings (SSSR count). The Kier molecular flexibility index (Phi) is 3.85. The molecule has 0 atom stereocenters. The minimum absolute atomic E-state index is 0.0506. The predicted octanol–water partition coefficient (Wildman–Crippen LogP) is 0.891. The summed E-state index contributed by atoms with van der Waals surface area (Å²) in [5.74, 6) is -0.888. The van der Waals surface area contributed by atoms with Crippen molar-refractivity contribution in [3.05, 3.63) is 35.4 Å². The van der Waals surface area contributed by atoms with Gasteiger partial charge in [0.2, 0.25) is 5.91 Å².